The molecule has 2 bridgehead atoms. The summed E-state index contributed by atoms with van der Waals surface area (Å²) in [7, 11) is 0. The average molecular weight is 122 g/mol. The predicted molar refractivity (Wildman–Crippen MR) is 33.3 cm³/mol. The van der Waals surface area contributed by atoms with Gasteiger partial charge in [0.05, 0.1) is 12.1 Å². The fourth-order valence-electron chi connectivity index (χ4n) is 2.35. The fourth-order valence-corrected chi connectivity index (χ4v) is 2.35. The van der Waals surface area contributed by atoms with Crippen LogP contribution in [-0.4, -0.2) is 12.1 Å². The minimum atomic E-state index is 0.653. The molecule has 0 amide bonds. The molecular weight excluding hydrogens is 112 g/mol. The molecule has 2 nitrogen and oxygen atoms in total. The summed E-state index contributed by atoms with van der Waals surface area (Å²) in [5.41, 5.74) is 0. The molecule has 9 heavy (non-hydrogen) atoms. The normalized spacial score (nSPS) is 59.6. The minimum Gasteiger partial charge on any atom is -0.190 e. The van der Waals surface area contributed by atoms with Crippen LogP contribution >= 0.6 is 0 Å². The molecule has 2 saturated carbocycles. The first-order valence-electron chi connectivity index (χ1n) is 3.85. The number of hydrogen-bond donors (Lipinski definition) is 0. The summed E-state index contributed by atoms with van der Waals surface area (Å²) in [5.74, 6) is 1.95. The summed E-state index contributed by atoms with van der Waals surface area (Å²) in [5, 5.41) is 8.49. The SMILES string of the molecule is C1[C@@H]2[C@H]1[C@@H]1CC[C@H]2N=N1. The van der Waals surface area contributed by atoms with Gasteiger partial charge in [-0.25, -0.2) is 0 Å². The van der Waals surface area contributed by atoms with Gasteiger partial charge in [0.25, 0.3) is 0 Å². The molecule has 0 radical (unpaired) electrons. The van der Waals surface area contributed by atoms with Crippen molar-refractivity contribution in [2.75, 3.05) is 0 Å². The van der Waals surface area contributed by atoms with E-state index in [9.17, 15) is 0 Å². The molecule has 4 rings (SSSR count). The van der Waals surface area contributed by atoms with Crippen molar-refractivity contribution >= 4 is 0 Å². The minimum absolute atomic E-state index is 0.653. The quantitative estimate of drug-likeness (QED) is 0.466. The smallest absolute Gasteiger partial charge is 0.0740 e. The molecular formula is C7H10N2. The highest BCUT2D eigenvalue weighted by Crippen LogP contribution is 2.54. The van der Waals surface area contributed by atoms with Crippen molar-refractivity contribution in [3.63, 3.8) is 0 Å². The third-order valence-corrected chi connectivity index (χ3v) is 3.00. The van der Waals surface area contributed by atoms with Crippen LogP contribution in [0, 0.1) is 11.8 Å². The number of azo groups is 1. The molecule has 4 aliphatic rings. The van der Waals surface area contributed by atoms with Gasteiger partial charge in [0.1, 0.15) is 0 Å². The van der Waals surface area contributed by atoms with E-state index in [4.69, 9.17) is 0 Å². The van der Waals surface area contributed by atoms with Crippen LogP contribution in [0.2, 0.25) is 0 Å². The maximum atomic E-state index is 4.25. The molecule has 0 spiro atoms. The van der Waals surface area contributed by atoms with Gasteiger partial charge in [-0.15, -0.1) is 0 Å². The summed E-state index contributed by atoms with van der Waals surface area (Å²) < 4.78 is 0. The molecule has 0 N–H and O–H groups in total. The van der Waals surface area contributed by atoms with E-state index < -0.39 is 0 Å². The highest BCUT2D eigenvalue weighted by atomic mass is 15.2. The molecule has 2 heterocycles. The van der Waals surface area contributed by atoms with E-state index in [2.05, 4.69) is 10.2 Å². The zero-order valence-electron chi connectivity index (χ0n) is 5.33. The lowest BCUT2D eigenvalue weighted by Gasteiger charge is -2.26. The van der Waals surface area contributed by atoms with Crippen molar-refractivity contribution in [2.45, 2.75) is 31.3 Å². The Labute approximate surface area is 54.4 Å². The fraction of sp³-hybridized carbons (Fsp3) is 1.00. The van der Waals surface area contributed by atoms with Crippen LogP contribution in [0.15, 0.2) is 10.2 Å². The number of fused-ring (bicyclic) bond motifs is 1. The standard InChI is InChI=1S/C7H10N2/c1-2-7-5-3-4(5)6(1)8-9-7/h4-7H,1-3H2/t4-,5+,6-,7+. The molecule has 2 aliphatic heterocycles. The van der Waals surface area contributed by atoms with Crippen molar-refractivity contribution in [3.8, 4) is 0 Å². The number of hydrogen-bond acceptors (Lipinski definition) is 2. The van der Waals surface area contributed by atoms with Crippen LogP contribution in [0.25, 0.3) is 0 Å². The van der Waals surface area contributed by atoms with Gasteiger partial charge in [-0.2, -0.15) is 10.2 Å². The van der Waals surface area contributed by atoms with E-state index in [0.29, 0.717) is 12.1 Å². The first-order valence-corrected chi connectivity index (χ1v) is 3.85. The second-order valence-corrected chi connectivity index (χ2v) is 3.51. The maximum absolute atomic E-state index is 4.25. The monoisotopic (exact) mass is 122 g/mol. The summed E-state index contributed by atoms with van der Waals surface area (Å²) in [6.07, 6.45) is 4.09. The van der Waals surface area contributed by atoms with Crippen LogP contribution in [0.4, 0.5) is 0 Å². The van der Waals surface area contributed by atoms with Gasteiger partial charge >= 0.3 is 0 Å². The molecule has 2 aliphatic carbocycles. The second kappa shape index (κ2) is 1.20. The first kappa shape index (κ1) is 4.42. The molecule has 0 aromatic heterocycles. The van der Waals surface area contributed by atoms with Crippen molar-refractivity contribution < 1.29 is 0 Å². The summed E-state index contributed by atoms with van der Waals surface area (Å²) in [6, 6.07) is 1.31. The molecule has 2 fully saturated rings. The molecule has 48 valence electrons. The third-order valence-electron chi connectivity index (χ3n) is 3.00. The Morgan fingerprint density at radius 2 is 1.44 bits per heavy atom. The number of rotatable bonds is 0. The van der Waals surface area contributed by atoms with Gasteiger partial charge in [-0.05, 0) is 31.1 Å². The predicted octanol–water partition coefficient (Wildman–Crippen LogP) is 1.62. The topological polar surface area (TPSA) is 24.7 Å². The van der Waals surface area contributed by atoms with E-state index in [-0.39, 0.29) is 0 Å². The van der Waals surface area contributed by atoms with Crippen LogP contribution in [0.3, 0.4) is 0 Å². The Hall–Kier alpha value is -0.400. The van der Waals surface area contributed by atoms with Gasteiger partial charge in [0.2, 0.25) is 0 Å². The maximum Gasteiger partial charge on any atom is 0.0740 e. The van der Waals surface area contributed by atoms with Crippen molar-refractivity contribution in [2.24, 2.45) is 22.1 Å². The molecule has 2 heteroatoms. The largest absolute Gasteiger partial charge is 0.190 e. The first-order chi connectivity index (χ1) is 4.45. The summed E-state index contributed by atoms with van der Waals surface area (Å²) >= 11 is 0. The lowest BCUT2D eigenvalue weighted by Crippen LogP contribution is -2.27. The molecule has 0 aromatic carbocycles. The van der Waals surface area contributed by atoms with E-state index in [1.807, 2.05) is 0 Å². The lowest BCUT2D eigenvalue weighted by molar-refractivity contribution is 0.306. The van der Waals surface area contributed by atoms with Gasteiger partial charge in [0.15, 0.2) is 0 Å². The van der Waals surface area contributed by atoms with Gasteiger partial charge in [-0.3, -0.25) is 0 Å². The van der Waals surface area contributed by atoms with Crippen LogP contribution in [0.1, 0.15) is 19.3 Å². The summed E-state index contributed by atoms with van der Waals surface area (Å²) in [6.45, 7) is 0. The Balaban J connectivity index is 2.05. The van der Waals surface area contributed by atoms with Crippen molar-refractivity contribution in [1.29, 1.82) is 0 Å². The summed E-state index contributed by atoms with van der Waals surface area (Å²) in [4.78, 5) is 0. The molecule has 0 unspecified atom stereocenters. The van der Waals surface area contributed by atoms with E-state index >= 15 is 0 Å². The highest BCUT2D eigenvalue weighted by molar-refractivity contribution is 5.07. The van der Waals surface area contributed by atoms with Crippen LogP contribution in [-0.2, 0) is 0 Å². The van der Waals surface area contributed by atoms with E-state index in [1.54, 1.807) is 0 Å². The Morgan fingerprint density at radius 1 is 0.889 bits per heavy atom. The van der Waals surface area contributed by atoms with Gasteiger partial charge in [0, 0.05) is 0 Å². The van der Waals surface area contributed by atoms with E-state index in [1.165, 1.54) is 19.3 Å². The van der Waals surface area contributed by atoms with Crippen molar-refractivity contribution in [3.05, 3.63) is 0 Å². The molecule has 0 aromatic rings. The van der Waals surface area contributed by atoms with Crippen LogP contribution < -0.4 is 0 Å². The van der Waals surface area contributed by atoms with Gasteiger partial charge < -0.3 is 0 Å². The second-order valence-electron chi connectivity index (χ2n) is 3.51. The Morgan fingerprint density at radius 3 is 1.78 bits per heavy atom. The lowest BCUT2D eigenvalue weighted by atomic mass is 9.91. The highest BCUT2D eigenvalue weighted by Gasteiger charge is 2.53. The zero-order chi connectivity index (χ0) is 5.84. The molecule has 4 atom stereocenters. The van der Waals surface area contributed by atoms with E-state index in [0.717, 1.165) is 11.8 Å². The van der Waals surface area contributed by atoms with Crippen molar-refractivity contribution in [1.82, 2.24) is 0 Å². The Bertz CT molecular complexity index is 158. The van der Waals surface area contributed by atoms with Crippen LogP contribution in [0.5, 0.6) is 0 Å². The van der Waals surface area contributed by atoms with Gasteiger partial charge in [-0.1, -0.05) is 0 Å². The zero-order valence-corrected chi connectivity index (χ0v) is 5.33. The number of nitrogens with zero attached hydrogens (tertiary/aromatic N) is 2. The Kier molecular flexibility index (Phi) is 0.590. The average Bonchev–Trinajstić information content (AvgIpc) is 2.68. The third kappa shape index (κ3) is 0.428. The molecule has 0 saturated heterocycles.